The van der Waals surface area contributed by atoms with E-state index in [0.717, 1.165) is 47.1 Å². The Labute approximate surface area is 185 Å². The largest absolute Gasteiger partial charge is 0.507 e. The van der Waals surface area contributed by atoms with Crippen LogP contribution in [0.15, 0.2) is 12.1 Å². The van der Waals surface area contributed by atoms with Gasteiger partial charge in [-0.2, -0.15) is 0 Å². The highest BCUT2D eigenvalue weighted by atomic mass is 16.5. The van der Waals surface area contributed by atoms with Crippen LogP contribution >= 0.6 is 0 Å². The molecular weight excluding hydrogens is 396 g/mol. The molecule has 0 heterocycles. The van der Waals surface area contributed by atoms with Crippen LogP contribution in [0.2, 0.25) is 0 Å². The quantitative estimate of drug-likeness (QED) is 0.600. The van der Waals surface area contributed by atoms with Gasteiger partial charge in [-0.05, 0) is 56.4 Å². The van der Waals surface area contributed by atoms with E-state index in [4.69, 9.17) is 23.7 Å². The Bertz CT molecular complexity index is 935. The summed E-state index contributed by atoms with van der Waals surface area (Å²) in [5, 5.41) is 11.4. The summed E-state index contributed by atoms with van der Waals surface area (Å²) in [6.07, 6.45) is 2.82. The third-order valence-electron chi connectivity index (χ3n) is 5.72. The summed E-state index contributed by atoms with van der Waals surface area (Å²) in [6.45, 7) is 6.11. The lowest BCUT2D eigenvalue weighted by Gasteiger charge is -2.26. The molecule has 170 valence electrons. The second-order valence-corrected chi connectivity index (χ2v) is 8.02. The number of hydrogen-bond acceptors (Lipinski definition) is 6. The van der Waals surface area contributed by atoms with Crippen LogP contribution in [0.4, 0.5) is 0 Å². The Hall–Kier alpha value is -2.60. The summed E-state index contributed by atoms with van der Waals surface area (Å²) in [4.78, 5) is 0. The van der Waals surface area contributed by atoms with Gasteiger partial charge in [-0.15, -0.1) is 0 Å². The highest BCUT2D eigenvalue weighted by Crippen LogP contribution is 2.56. The maximum absolute atomic E-state index is 11.4. The lowest BCUT2D eigenvalue weighted by atomic mass is 9.90. The van der Waals surface area contributed by atoms with Crippen LogP contribution in [0.1, 0.15) is 56.4 Å². The zero-order valence-corrected chi connectivity index (χ0v) is 19.6. The van der Waals surface area contributed by atoms with Crippen molar-refractivity contribution in [3.8, 4) is 39.9 Å². The zero-order chi connectivity index (χ0) is 22.7. The molecule has 1 atom stereocenters. The molecule has 31 heavy (non-hydrogen) atoms. The second-order valence-electron chi connectivity index (χ2n) is 8.02. The van der Waals surface area contributed by atoms with Crippen molar-refractivity contribution in [2.75, 3.05) is 28.4 Å². The van der Waals surface area contributed by atoms with Gasteiger partial charge in [-0.25, -0.2) is 0 Å². The molecule has 0 saturated carbocycles. The monoisotopic (exact) mass is 430 g/mol. The summed E-state index contributed by atoms with van der Waals surface area (Å²) < 4.78 is 29.2. The van der Waals surface area contributed by atoms with Crippen LogP contribution in [0.3, 0.4) is 0 Å². The van der Waals surface area contributed by atoms with Crippen molar-refractivity contribution in [1.82, 2.24) is 0 Å². The van der Waals surface area contributed by atoms with Gasteiger partial charge < -0.3 is 28.8 Å². The van der Waals surface area contributed by atoms with Crippen LogP contribution in [-0.4, -0.2) is 39.6 Å². The van der Waals surface area contributed by atoms with Crippen molar-refractivity contribution >= 4 is 0 Å². The molecule has 0 amide bonds. The molecule has 6 heteroatoms. The molecule has 1 aliphatic carbocycles. The van der Waals surface area contributed by atoms with Crippen LogP contribution in [-0.2, 0) is 17.6 Å². The number of phenols is 1. The molecule has 1 aliphatic rings. The van der Waals surface area contributed by atoms with Gasteiger partial charge in [0.25, 0.3) is 0 Å². The molecule has 3 rings (SSSR count). The maximum atomic E-state index is 11.4. The number of benzene rings is 2. The predicted octanol–water partition coefficient (Wildman–Crippen LogP) is 5.46. The van der Waals surface area contributed by atoms with Gasteiger partial charge in [0.1, 0.15) is 11.5 Å². The van der Waals surface area contributed by atoms with Gasteiger partial charge in [-0.3, -0.25) is 0 Å². The van der Waals surface area contributed by atoms with Gasteiger partial charge >= 0.3 is 0 Å². The molecule has 2 aromatic carbocycles. The van der Waals surface area contributed by atoms with Crippen molar-refractivity contribution in [3.05, 3.63) is 28.8 Å². The van der Waals surface area contributed by atoms with Crippen LogP contribution < -0.4 is 18.9 Å². The Morgan fingerprint density at radius 1 is 0.935 bits per heavy atom. The van der Waals surface area contributed by atoms with Gasteiger partial charge in [-0.1, -0.05) is 13.3 Å². The van der Waals surface area contributed by atoms with E-state index in [9.17, 15) is 5.11 Å². The Morgan fingerprint density at radius 2 is 1.61 bits per heavy atom. The molecule has 6 nitrogen and oxygen atoms in total. The third kappa shape index (κ3) is 4.13. The van der Waals surface area contributed by atoms with E-state index >= 15 is 0 Å². The average molecular weight is 431 g/mol. The fraction of sp³-hybridized carbons (Fsp3) is 0.520. The lowest BCUT2D eigenvalue weighted by molar-refractivity contribution is 0.00140. The molecule has 0 unspecified atom stereocenters. The topological polar surface area (TPSA) is 66.4 Å². The smallest absolute Gasteiger partial charge is 0.203 e. The second kappa shape index (κ2) is 9.69. The van der Waals surface area contributed by atoms with Crippen molar-refractivity contribution < 1.29 is 28.8 Å². The summed E-state index contributed by atoms with van der Waals surface area (Å²) in [5.74, 6) is 2.63. The van der Waals surface area contributed by atoms with Crippen molar-refractivity contribution in [2.24, 2.45) is 0 Å². The molecule has 2 aromatic rings. The number of hydrogen-bond donors (Lipinski definition) is 1. The highest BCUT2D eigenvalue weighted by Gasteiger charge is 2.34. The van der Waals surface area contributed by atoms with E-state index < -0.39 is 0 Å². The van der Waals surface area contributed by atoms with Crippen molar-refractivity contribution in [3.63, 3.8) is 0 Å². The molecule has 0 radical (unpaired) electrons. The number of ether oxygens (including phenoxy) is 5. The first-order chi connectivity index (χ1) is 14.9. The van der Waals surface area contributed by atoms with E-state index in [2.05, 4.69) is 6.92 Å². The minimum Gasteiger partial charge on any atom is -0.507 e. The maximum Gasteiger partial charge on any atom is 0.203 e. The molecular formula is C25H34O6. The lowest BCUT2D eigenvalue weighted by Crippen LogP contribution is -2.12. The van der Waals surface area contributed by atoms with Crippen LogP contribution in [0.5, 0.6) is 28.7 Å². The van der Waals surface area contributed by atoms with E-state index in [0.29, 0.717) is 29.4 Å². The molecule has 1 N–H and O–H groups in total. The summed E-state index contributed by atoms with van der Waals surface area (Å²) >= 11 is 0. The normalized spacial score (nSPS) is 15.2. The minimum absolute atomic E-state index is 0.00487. The standard InChI is InChI=1S/C25H34O6/c1-8-9-16-13-18(27-4)21-20-15(12-19(28-5)24(29-6)25(20)30-7)10-11-17(31-14(2)3)22(21)23(16)26/h12-14,17,26H,8-11H2,1-7H3/t17-/m1/s1. The third-order valence-corrected chi connectivity index (χ3v) is 5.72. The fourth-order valence-corrected chi connectivity index (χ4v) is 4.49. The van der Waals surface area contributed by atoms with Gasteiger partial charge in [0.05, 0.1) is 40.6 Å². The Morgan fingerprint density at radius 3 is 2.16 bits per heavy atom. The number of fused-ring (bicyclic) bond motifs is 3. The van der Waals surface area contributed by atoms with Crippen molar-refractivity contribution in [1.29, 1.82) is 0 Å². The first kappa shape index (κ1) is 23.1. The summed E-state index contributed by atoms with van der Waals surface area (Å²) in [5.41, 5.74) is 4.28. The minimum atomic E-state index is -0.283. The number of aryl methyl sites for hydroxylation is 2. The number of phenolic OH excluding ortho intramolecular Hbond substituents is 1. The molecule has 0 spiro atoms. The Balaban J connectivity index is 2.45. The zero-order valence-electron chi connectivity index (χ0n) is 19.6. The van der Waals surface area contributed by atoms with Gasteiger partial charge in [0.15, 0.2) is 11.5 Å². The predicted molar refractivity (Wildman–Crippen MR) is 121 cm³/mol. The van der Waals surface area contributed by atoms with Crippen molar-refractivity contribution in [2.45, 2.75) is 58.7 Å². The molecule has 0 saturated heterocycles. The molecule has 0 fully saturated rings. The van der Waals surface area contributed by atoms with Crippen LogP contribution in [0.25, 0.3) is 11.1 Å². The molecule has 0 bridgehead atoms. The summed E-state index contributed by atoms with van der Waals surface area (Å²) in [6, 6.07) is 3.91. The van der Waals surface area contributed by atoms with E-state index in [-0.39, 0.29) is 18.0 Å². The van der Waals surface area contributed by atoms with Gasteiger partial charge in [0, 0.05) is 16.7 Å². The van der Waals surface area contributed by atoms with Gasteiger partial charge in [0.2, 0.25) is 5.75 Å². The Kier molecular flexibility index (Phi) is 7.21. The fourth-order valence-electron chi connectivity index (χ4n) is 4.49. The SMILES string of the molecule is CCCc1cc(OC)c2c(c1O)[C@H](OC(C)C)CCc1cc(OC)c(OC)c(OC)c1-2. The highest BCUT2D eigenvalue weighted by molar-refractivity contribution is 5.88. The van der Waals surface area contributed by atoms with Crippen LogP contribution in [0, 0.1) is 0 Å². The summed E-state index contributed by atoms with van der Waals surface area (Å²) in [7, 11) is 6.47. The average Bonchev–Trinajstić information content (AvgIpc) is 2.91. The molecule has 0 aromatic heterocycles. The van der Waals surface area contributed by atoms with E-state index in [1.165, 1.54) is 0 Å². The van der Waals surface area contributed by atoms with E-state index in [1.807, 2.05) is 26.0 Å². The first-order valence-corrected chi connectivity index (χ1v) is 10.8. The first-order valence-electron chi connectivity index (χ1n) is 10.8. The number of methoxy groups -OCH3 is 4. The number of rotatable bonds is 8. The van der Waals surface area contributed by atoms with E-state index in [1.54, 1.807) is 28.4 Å². The number of aromatic hydroxyl groups is 1. The molecule has 0 aliphatic heterocycles.